The average Bonchev–Trinajstić information content (AvgIpc) is 2.90. The second-order valence-electron chi connectivity index (χ2n) is 8.81. The zero-order valence-electron chi connectivity index (χ0n) is 21.2. The Labute approximate surface area is 221 Å². The lowest BCUT2D eigenvalue weighted by Gasteiger charge is -2.31. The second kappa shape index (κ2) is 13.9. The number of ether oxygens (including phenoxy) is 3. The smallest absolute Gasteiger partial charge is 0.255 e. The molecule has 0 aliphatic rings. The van der Waals surface area contributed by atoms with Crippen molar-refractivity contribution in [1.29, 1.82) is 0 Å². The summed E-state index contributed by atoms with van der Waals surface area (Å²) < 4.78 is 16.8. The van der Waals surface area contributed by atoms with Crippen molar-refractivity contribution >= 4 is 11.8 Å². The molecule has 38 heavy (non-hydrogen) atoms. The molecule has 0 aromatic heterocycles. The molecule has 0 aliphatic carbocycles. The van der Waals surface area contributed by atoms with Crippen LogP contribution in [0.5, 0.6) is 23.0 Å². The number of nitrogens with two attached hydrogens (primary N) is 2. The predicted molar refractivity (Wildman–Crippen MR) is 141 cm³/mol. The van der Waals surface area contributed by atoms with E-state index in [9.17, 15) is 19.8 Å². The highest BCUT2D eigenvalue weighted by Gasteiger charge is 2.20. The predicted octanol–water partition coefficient (Wildman–Crippen LogP) is 2.06. The number of hydrogen-bond donors (Lipinski definition) is 4. The van der Waals surface area contributed by atoms with Gasteiger partial charge in [-0.2, -0.15) is 0 Å². The lowest BCUT2D eigenvalue weighted by atomic mass is 10.1. The summed E-state index contributed by atoms with van der Waals surface area (Å²) in [6, 6.07) is 20.7. The molecule has 2 unspecified atom stereocenters. The third kappa shape index (κ3) is 8.99. The molecule has 0 saturated heterocycles. The molecule has 2 atom stereocenters. The first kappa shape index (κ1) is 28.3. The fraction of sp³-hybridized carbons (Fsp3) is 0.286. The van der Waals surface area contributed by atoms with Crippen molar-refractivity contribution in [2.24, 2.45) is 11.5 Å². The number of rotatable bonds is 15. The molecule has 3 rings (SSSR count). The Balaban J connectivity index is 1.59. The van der Waals surface area contributed by atoms with E-state index >= 15 is 0 Å². The summed E-state index contributed by atoms with van der Waals surface area (Å²) >= 11 is 0. The second-order valence-corrected chi connectivity index (χ2v) is 8.81. The van der Waals surface area contributed by atoms with E-state index in [0.717, 1.165) is 5.56 Å². The van der Waals surface area contributed by atoms with Crippen LogP contribution >= 0.6 is 0 Å². The van der Waals surface area contributed by atoms with Crippen LogP contribution in [0.3, 0.4) is 0 Å². The molecule has 0 bridgehead atoms. The Bertz CT molecular complexity index is 1190. The van der Waals surface area contributed by atoms with Crippen LogP contribution in [0.4, 0.5) is 0 Å². The number of carbonyl (C=O) groups is 2. The Morgan fingerprint density at radius 1 is 0.868 bits per heavy atom. The van der Waals surface area contributed by atoms with Crippen LogP contribution < -0.4 is 25.7 Å². The van der Waals surface area contributed by atoms with Gasteiger partial charge < -0.3 is 35.9 Å². The minimum atomic E-state index is -0.804. The van der Waals surface area contributed by atoms with Gasteiger partial charge >= 0.3 is 0 Å². The molecule has 0 radical (unpaired) electrons. The van der Waals surface area contributed by atoms with Gasteiger partial charge in [-0.25, -0.2) is 0 Å². The lowest BCUT2D eigenvalue weighted by Crippen LogP contribution is -2.43. The maximum absolute atomic E-state index is 11.5. The van der Waals surface area contributed by atoms with Gasteiger partial charge in [-0.1, -0.05) is 30.3 Å². The molecule has 2 amide bonds. The molecule has 3 aromatic rings. The van der Waals surface area contributed by atoms with E-state index in [1.165, 1.54) is 12.1 Å². The number of nitrogens with zero attached hydrogens (tertiary/aromatic N) is 1. The fourth-order valence-electron chi connectivity index (χ4n) is 3.65. The fourth-order valence-corrected chi connectivity index (χ4v) is 3.65. The number of carbonyl (C=O) groups excluding carboxylic acids is 2. The van der Waals surface area contributed by atoms with Crippen molar-refractivity contribution in [3.8, 4) is 23.0 Å². The van der Waals surface area contributed by atoms with Crippen molar-refractivity contribution in [3.05, 3.63) is 83.9 Å². The summed E-state index contributed by atoms with van der Waals surface area (Å²) in [7, 11) is 0. The van der Waals surface area contributed by atoms with E-state index in [-0.39, 0.29) is 37.2 Å². The molecule has 3 aromatic carbocycles. The summed E-state index contributed by atoms with van der Waals surface area (Å²) in [5, 5.41) is 20.6. The molecule has 0 heterocycles. The van der Waals surface area contributed by atoms with Crippen molar-refractivity contribution in [2.75, 3.05) is 26.4 Å². The van der Waals surface area contributed by atoms with Gasteiger partial charge in [-0.3, -0.25) is 14.5 Å². The number of phenols is 1. The van der Waals surface area contributed by atoms with Gasteiger partial charge in [0.25, 0.3) is 11.8 Å². The van der Waals surface area contributed by atoms with Crippen molar-refractivity contribution in [3.63, 3.8) is 0 Å². The molecule has 6 N–H and O–H groups in total. The number of aliphatic hydroxyl groups is 1. The number of amides is 2. The first-order valence-electron chi connectivity index (χ1n) is 12.1. The maximum atomic E-state index is 11.5. The summed E-state index contributed by atoms with van der Waals surface area (Å²) in [4.78, 5) is 24.4. The van der Waals surface area contributed by atoms with Gasteiger partial charge in [0.1, 0.15) is 42.3 Å². The molecule has 10 heteroatoms. The van der Waals surface area contributed by atoms with Crippen LogP contribution in [0.1, 0.15) is 22.8 Å². The van der Waals surface area contributed by atoms with Crippen LogP contribution in [0.15, 0.2) is 72.8 Å². The van der Waals surface area contributed by atoms with Gasteiger partial charge in [-0.15, -0.1) is 0 Å². The van der Waals surface area contributed by atoms with Gasteiger partial charge in [-0.05, 0) is 55.0 Å². The quantitative estimate of drug-likeness (QED) is 0.236. The van der Waals surface area contributed by atoms with Gasteiger partial charge in [0.05, 0.1) is 5.56 Å². The highest BCUT2D eigenvalue weighted by molar-refractivity contribution is 5.95. The minimum Gasteiger partial charge on any atom is -0.507 e. The normalized spacial score (nSPS) is 12.5. The summed E-state index contributed by atoms with van der Waals surface area (Å²) in [6.07, 6.45) is -0.804. The molecular weight excluding hydrogens is 490 g/mol. The summed E-state index contributed by atoms with van der Waals surface area (Å²) in [5.74, 6) is -0.0979. The number of aromatic hydroxyl groups is 1. The monoisotopic (exact) mass is 523 g/mol. The van der Waals surface area contributed by atoms with Gasteiger partial charge in [0, 0.05) is 19.1 Å². The summed E-state index contributed by atoms with van der Waals surface area (Å²) in [6.45, 7) is 2.95. The maximum Gasteiger partial charge on any atom is 0.255 e. The SMILES string of the molecule is CC(COc1ccc(O)c(C(N)=O)c1)N(Cc1ccccc1)CC(O)COc1ccc(OCC(N)=O)cc1. The zero-order chi connectivity index (χ0) is 27.5. The average molecular weight is 524 g/mol. The topological polar surface area (TPSA) is 158 Å². The molecule has 0 aliphatic heterocycles. The minimum absolute atomic E-state index is 0.0173. The lowest BCUT2D eigenvalue weighted by molar-refractivity contribution is -0.119. The Morgan fingerprint density at radius 2 is 1.47 bits per heavy atom. The zero-order valence-corrected chi connectivity index (χ0v) is 21.2. The molecule has 0 fully saturated rings. The van der Waals surface area contributed by atoms with Crippen LogP contribution in [-0.2, 0) is 11.3 Å². The molecule has 10 nitrogen and oxygen atoms in total. The Morgan fingerprint density at radius 3 is 2.11 bits per heavy atom. The van der Waals surface area contributed by atoms with E-state index in [0.29, 0.717) is 30.3 Å². The largest absolute Gasteiger partial charge is 0.507 e. The molecule has 202 valence electrons. The van der Waals surface area contributed by atoms with E-state index in [4.69, 9.17) is 25.7 Å². The number of aliphatic hydroxyl groups excluding tert-OH is 1. The molecular formula is C28H33N3O7. The van der Waals surface area contributed by atoms with Crippen LogP contribution in [0.2, 0.25) is 0 Å². The van der Waals surface area contributed by atoms with Crippen LogP contribution in [-0.4, -0.2) is 65.4 Å². The van der Waals surface area contributed by atoms with E-state index in [1.807, 2.05) is 37.3 Å². The molecule has 0 saturated carbocycles. The first-order chi connectivity index (χ1) is 18.2. The van der Waals surface area contributed by atoms with Crippen LogP contribution in [0, 0.1) is 0 Å². The number of hydrogen-bond acceptors (Lipinski definition) is 8. The standard InChI is InChI=1S/C28H33N3O7/c1-19(16-36-24-11-12-26(33)25(13-24)28(30)35)31(14-20-5-3-2-4-6-20)15-21(32)17-37-22-7-9-23(10-8-22)38-18-27(29)34/h2-13,19,21,32-33H,14-18H2,1H3,(H2,29,34)(H2,30,35). The Kier molecular flexibility index (Phi) is 10.3. The van der Waals surface area contributed by atoms with Gasteiger partial charge in [0.15, 0.2) is 6.61 Å². The first-order valence-corrected chi connectivity index (χ1v) is 12.1. The highest BCUT2D eigenvalue weighted by atomic mass is 16.5. The van der Waals surface area contributed by atoms with Crippen LogP contribution in [0.25, 0.3) is 0 Å². The van der Waals surface area contributed by atoms with Crippen molar-refractivity contribution < 1.29 is 34.0 Å². The number of primary amides is 2. The van der Waals surface area contributed by atoms with E-state index in [1.54, 1.807) is 30.3 Å². The number of benzene rings is 3. The van der Waals surface area contributed by atoms with Gasteiger partial charge in [0.2, 0.25) is 0 Å². The molecule has 0 spiro atoms. The Hall–Kier alpha value is -4.28. The van der Waals surface area contributed by atoms with Crippen molar-refractivity contribution in [2.45, 2.75) is 25.6 Å². The van der Waals surface area contributed by atoms with E-state index < -0.39 is 17.9 Å². The van der Waals surface area contributed by atoms with E-state index in [2.05, 4.69) is 4.90 Å². The highest BCUT2D eigenvalue weighted by Crippen LogP contribution is 2.23. The third-order valence-electron chi connectivity index (χ3n) is 5.67. The van der Waals surface area contributed by atoms with Crippen molar-refractivity contribution in [1.82, 2.24) is 4.90 Å². The summed E-state index contributed by atoms with van der Waals surface area (Å²) in [5.41, 5.74) is 11.4. The third-order valence-corrected chi connectivity index (χ3v) is 5.67.